The number of pyridine rings is 1. The summed E-state index contributed by atoms with van der Waals surface area (Å²) in [5, 5.41) is 4.17. The van der Waals surface area contributed by atoms with E-state index in [4.69, 9.17) is 21.1 Å². The van der Waals surface area contributed by atoms with Crippen molar-refractivity contribution in [2.24, 2.45) is 0 Å². The Hall–Kier alpha value is -2.39. The molecule has 0 radical (unpaired) electrons. The minimum absolute atomic E-state index is 0.159. The molecule has 1 atom stereocenters. The lowest BCUT2D eigenvalue weighted by Gasteiger charge is -2.18. The van der Waals surface area contributed by atoms with E-state index in [0.29, 0.717) is 21.9 Å². The molecule has 0 bridgehead atoms. The van der Waals surface area contributed by atoms with Gasteiger partial charge in [0.15, 0.2) is 12.4 Å². The summed E-state index contributed by atoms with van der Waals surface area (Å²) in [6.07, 6.45) is 2.49. The highest BCUT2D eigenvalue weighted by Crippen LogP contribution is 2.34. The molecule has 1 aliphatic rings. The number of benzene rings is 2. The number of nitrogens with zero attached hydrogens (tertiary/aromatic N) is 1. The molecule has 8 heteroatoms. The summed E-state index contributed by atoms with van der Waals surface area (Å²) < 4.78 is 12.0. The first-order chi connectivity index (χ1) is 14.5. The van der Waals surface area contributed by atoms with Crippen LogP contribution < -0.4 is 10.1 Å². The van der Waals surface area contributed by atoms with Gasteiger partial charge in [-0.2, -0.15) is 0 Å². The molecule has 1 N–H and O–H groups in total. The van der Waals surface area contributed by atoms with Crippen molar-refractivity contribution in [3.8, 4) is 5.75 Å². The molecule has 4 rings (SSSR count). The van der Waals surface area contributed by atoms with Gasteiger partial charge in [0.1, 0.15) is 5.52 Å². The van der Waals surface area contributed by atoms with Gasteiger partial charge in [-0.1, -0.05) is 41.9 Å². The van der Waals surface area contributed by atoms with Gasteiger partial charge in [-0.15, -0.1) is 0 Å². The number of rotatable bonds is 7. The second-order valence-electron chi connectivity index (χ2n) is 6.92. The number of amides is 1. The third-order valence-electron chi connectivity index (χ3n) is 4.60. The molecule has 154 valence electrons. The highest BCUT2D eigenvalue weighted by Gasteiger charge is 2.31. The smallest absolute Gasteiger partial charge is 0.345 e. The van der Waals surface area contributed by atoms with E-state index in [-0.39, 0.29) is 18.6 Å². The summed E-state index contributed by atoms with van der Waals surface area (Å²) in [6, 6.07) is 14.5. The first-order valence-electron chi connectivity index (χ1n) is 9.43. The molecule has 6 nitrogen and oxygen atoms in total. The van der Waals surface area contributed by atoms with Crippen molar-refractivity contribution < 1.29 is 19.1 Å². The van der Waals surface area contributed by atoms with Crippen LogP contribution in [0.15, 0.2) is 54.7 Å². The summed E-state index contributed by atoms with van der Waals surface area (Å²) >= 11 is 8.36. The van der Waals surface area contributed by atoms with Gasteiger partial charge in [0.25, 0.3) is 5.91 Å². The number of ether oxygens (including phenoxy) is 2. The topological polar surface area (TPSA) is 77.5 Å². The van der Waals surface area contributed by atoms with E-state index in [0.717, 1.165) is 21.8 Å². The van der Waals surface area contributed by atoms with E-state index >= 15 is 0 Å². The fourth-order valence-electron chi connectivity index (χ4n) is 2.99. The van der Waals surface area contributed by atoms with Crippen LogP contribution in [0.4, 0.5) is 0 Å². The van der Waals surface area contributed by atoms with E-state index < -0.39 is 12.1 Å². The molecule has 0 unspecified atom stereocenters. The highest BCUT2D eigenvalue weighted by molar-refractivity contribution is 14.1. The molecule has 1 heterocycles. The molecule has 30 heavy (non-hydrogen) atoms. The summed E-state index contributed by atoms with van der Waals surface area (Å²) in [4.78, 5) is 29.5. The zero-order chi connectivity index (χ0) is 21.1. The third kappa shape index (κ3) is 4.84. The van der Waals surface area contributed by atoms with Gasteiger partial charge in [-0.05, 0) is 53.6 Å². The number of esters is 1. The monoisotopic (exact) mass is 536 g/mol. The first-order valence-corrected chi connectivity index (χ1v) is 10.9. The Morgan fingerprint density at radius 2 is 1.97 bits per heavy atom. The van der Waals surface area contributed by atoms with Crippen LogP contribution in [0, 0.1) is 3.57 Å². The number of hydrogen-bond donors (Lipinski definition) is 1. The van der Waals surface area contributed by atoms with Gasteiger partial charge < -0.3 is 14.8 Å². The van der Waals surface area contributed by atoms with Crippen molar-refractivity contribution in [1.29, 1.82) is 0 Å². The SMILES string of the molecule is O=C(COc1c(I)cc(Cl)c2cccnc12)O[C@@H](C(=O)NC1CC1)c1ccccc1. The standard InChI is InChI=1S/C22H18ClIN2O4/c23-16-11-17(24)21(19-15(16)7-4-10-25-19)29-12-18(27)30-20(13-5-2-1-3-6-13)22(28)26-14-8-9-14/h1-7,10-11,14,20H,8-9,12H2,(H,26,28)/t20-/m1/s1. The zero-order valence-electron chi connectivity index (χ0n) is 15.8. The molecular formula is C22H18ClIN2O4. The number of carbonyl (C=O) groups is 2. The molecule has 3 aromatic rings. The summed E-state index contributed by atoms with van der Waals surface area (Å²) in [7, 11) is 0. The predicted octanol–water partition coefficient (Wildman–Crippen LogP) is 4.43. The van der Waals surface area contributed by atoms with E-state index in [9.17, 15) is 9.59 Å². The number of nitrogens with one attached hydrogen (secondary N) is 1. The van der Waals surface area contributed by atoms with Crippen molar-refractivity contribution >= 4 is 57.0 Å². The van der Waals surface area contributed by atoms with Crippen LogP contribution in [-0.2, 0) is 14.3 Å². The molecule has 1 saturated carbocycles. The maximum atomic E-state index is 12.6. The first kappa shape index (κ1) is 20.9. The molecule has 0 saturated heterocycles. The molecule has 1 aliphatic carbocycles. The summed E-state index contributed by atoms with van der Waals surface area (Å²) in [6.45, 7) is -0.358. The number of carbonyl (C=O) groups excluding carboxylic acids is 2. The number of aromatic nitrogens is 1. The van der Waals surface area contributed by atoms with E-state index in [2.05, 4.69) is 32.9 Å². The van der Waals surface area contributed by atoms with Gasteiger partial charge in [-0.25, -0.2) is 4.79 Å². The number of fused-ring (bicyclic) bond motifs is 1. The predicted molar refractivity (Wildman–Crippen MR) is 121 cm³/mol. The van der Waals surface area contributed by atoms with Crippen molar-refractivity contribution in [2.45, 2.75) is 25.0 Å². The maximum absolute atomic E-state index is 12.6. The van der Waals surface area contributed by atoms with E-state index in [1.54, 1.807) is 42.6 Å². The fourth-order valence-corrected chi connectivity index (χ4v) is 4.15. The van der Waals surface area contributed by atoms with Crippen LogP contribution >= 0.6 is 34.2 Å². The minimum Gasteiger partial charge on any atom is -0.478 e. The van der Waals surface area contributed by atoms with Gasteiger partial charge in [-0.3, -0.25) is 9.78 Å². The maximum Gasteiger partial charge on any atom is 0.345 e. The Kier molecular flexibility index (Phi) is 6.38. The van der Waals surface area contributed by atoms with Crippen LogP contribution in [-0.4, -0.2) is 29.5 Å². The average molecular weight is 537 g/mol. The molecule has 2 aromatic carbocycles. The van der Waals surface area contributed by atoms with Crippen LogP contribution in [0.1, 0.15) is 24.5 Å². The fraction of sp³-hybridized carbons (Fsp3) is 0.227. The zero-order valence-corrected chi connectivity index (χ0v) is 18.7. The lowest BCUT2D eigenvalue weighted by Crippen LogP contribution is -2.34. The van der Waals surface area contributed by atoms with Crippen LogP contribution in [0.25, 0.3) is 10.9 Å². The summed E-state index contributed by atoms with van der Waals surface area (Å²) in [5.74, 6) is -0.527. The summed E-state index contributed by atoms with van der Waals surface area (Å²) in [5.41, 5.74) is 1.17. The second kappa shape index (κ2) is 9.18. The Bertz CT molecular complexity index is 1090. The van der Waals surface area contributed by atoms with Crippen molar-refractivity contribution in [3.63, 3.8) is 0 Å². The number of halogens is 2. The Morgan fingerprint density at radius 1 is 1.20 bits per heavy atom. The average Bonchev–Trinajstić information content (AvgIpc) is 3.56. The van der Waals surface area contributed by atoms with Crippen molar-refractivity contribution in [1.82, 2.24) is 10.3 Å². The van der Waals surface area contributed by atoms with Gasteiger partial charge in [0, 0.05) is 23.2 Å². The van der Waals surface area contributed by atoms with Crippen LogP contribution in [0.5, 0.6) is 5.75 Å². The number of hydrogen-bond acceptors (Lipinski definition) is 5. The molecule has 0 aliphatic heterocycles. The molecule has 1 aromatic heterocycles. The highest BCUT2D eigenvalue weighted by atomic mass is 127. The largest absolute Gasteiger partial charge is 0.478 e. The second-order valence-corrected chi connectivity index (χ2v) is 8.49. The van der Waals surface area contributed by atoms with Crippen LogP contribution in [0.2, 0.25) is 5.02 Å². The Morgan fingerprint density at radius 3 is 2.70 bits per heavy atom. The van der Waals surface area contributed by atoms with Crippen LogP contribution in [0.3, 0.4) is 0 Å². The molecule has 1 fully saturated rings. The third-order valence-corrected chi connectivity index (χ3v) is 5.71. The lowest BCUT2D eigenvalue weighted by atomic mass is 10.1. The quantitative estimate of drug-likeness (QED) is 0.357. The molecule has 0 spiro atoms. The van der Waals surface area contributed by atoms with Gasteiger partial charge >= 0.3 is 5.97 Å². The van der Waals surface area contributed by atoms with Gasteiger partial charge in [0.2, 0.25) is 6.10 Å². The minimum atomic E-state index is -1.03. The Balaban J connectivity index is 1.49. The van der Waals surface area contributed by atoms with E-state index in [1.165, 1.54) is 0 Å². The molecular weight excluding hydrogens is 519 g/mol. The van der Waals surface area contributed by atoms with Crippen molar-refractivity contribution in [2.75, 3.05) is 6.61 Å². The lowest BCUT2D eigenvalue weighted by molar-refractivity contribution is -0.158. The normalized spacial score (nSPS) is 14.2. The van der Waals surface area contributed by atoms with E-state index in [1.807, 2.05) is 12.1 Å². The Labute approximate surface area is 192 Å². The van der Waals surface area contributed by atoms with Crippen molar-refractivity contribution in [3.05, 3.63) is 68.9 Å². The molecule has 1 amide bonds. The van der Waals surface area contributed by atoms with Gasteiger partial charge in [0.05, 0.1) is 8.59 Å².